The zero-order chi connectivity index (χ0) is 11.0. The van der Waals surface area contributed by atoms with Gasteiger partial charge in [0.1, 0.15) is 0 Å². The number of aliphatic hydroxyl groups is 2. The lowest BCUT2D eigenvalue weighted by molar-refractivity contribution is 0.0426. The second-order valence-corrected chi connectivity index (χ2v) is 4.26. The minimum Gasteiger partial charge on any atom is -0.395 e. The van der Waals surface area contributed by atoms with E-state index < -0.39 is 0 Å². The number of hydrogen-bond donors (Lipinski definition) is 2. The molecule has 0 saturated heterocycles. The molecule has 0 heterocycles. The monoisotopic (exact) mass is 203 g/mol. The Labute approximate surface area is 87.7 Å². The Morgan fingerprint density at radius 2 is 1.86 bits per heavy atom. The van der Waals surface area contributed by atoms with Gasteiger partial charge in [0.25, 0.3) is 0 Å². The molecule has 0 bridgehead atoms. The van der Waals surface area contributed by atoms with Crippen LogP contribution in [0.25, 0.3) is 0 Å². The van der Waals surface area contributed by atoms with Gasteiger partial charge in [-0.15, -0.1) is 0 Å². The van der Waals surface area contributed by atoms with E-state index in [1.807, 2.05) is 11.9 Å². The minimum absolute atomic E-state index is 0.153. The van der Waals surface area contributed by atoms with Crippen LogP contribution in [0.4, 0.5) is 0 Å². The number of nitrogens with zero attached hydrogens (tertiary/aromatic N) is 1. The Kier molecular flexibility index (Phi) is 7.15. The van der Waals surface area contributed by atoms with Crippen LogP contribution in [0.15, 0.2) is 0 Å². The highest BCUT2D eigenvalue weighted by Crippen LogP contribution is 2.20. The van der Waals surface area contributed by atoms with Crippen molar-refractivity contribution in [1.82, 2.24) is 4.90 Å². The molecule has 0 fully saturated rings. The number of rotatable bonds is 8. The lowest BCUT2D eigenvalue weighted by Gasteiger charge is -2.37. The molecular formula is C11H25NO2. The molecule has 0 radical (unpaired) electrons. The van der Waals surface area contributed by atoms with Crippen molar-refractivity contribution < 1.29 is 10.2 Å². The zero-order valence-electron chi connectivity index (χ0n) is 9.79. The van der Waals surface area contributed by atoms with E-state index in [0.29, 0.717) is 6.54 Å². The second-order valence-electron chi connectivity index (χ2n) is 4.26. The van der Waals surface area contributed by atoms with Gasteiger partial charge in [-0.2, -0.15) is 0 Å². The smallest absolute Gasteiger partial charge is 0.0612 e. The van der Waals surface area contributed by atoms with Crippen molar-refractivity contribution >= 4 is 0 Å². The van der Waals surface area contributed by atoms with Crippen LogP contribution < -0.4 is 0 Å². The van der Waals surface area contributed by atoms with Crippen LogP contribution in [-0.4, -0.2) is 47.5 Å². The third-order valence-corrected chi connectivity index (χ3v) is 3.02. The third kappa shape index (κ3) is 4.40. The van der Waals surface area contributed by atoms with Crippen molar-refractivity contribution in [2.75, 3.05) is 26.8 Å². The summed E-state index contributed by atoms with van der Waals surface area (Å²) in [6.07, 6.45) is 4.55. The summed E-state index contributed by atoms with van der Waals surface area (Å²) in [5.41, 5.74) is -0.169. The summed E-state index contributed by atoms with van der Waals surface area (Å²) in [5, 5.41) is 18.2. The summed E-state index contributed by atoms with van der Waals surface area (Å²) in [4.78, 5) is 2.04. The average molecular weight is 203 g/mol. The van der Waals surface area contributed by atoms with Gasteiger partial charge >= 0.3 is 0 Å². The molecule has 0 saturated carbocycles. The molecule has 86 valence electrons. The molecule has 0 aliphatic rings. The van der Waals surface area contributed by atoms with Crippen molar-refractivity contribution in [3.8, 4) is 0 Å². The molecule has 0 amide bonds. The van der Waals surface area contributed by atoms with Gasteiger partial charge in [0.2, 0.25) is 0 Å². The average Bonchev–Trinajstić information content (AvgIpc) is 2.18. The normalized spacial score (nSPS) is 15.9. The van der Waals surface area contributed by atoms with E-state index in [0.717, 1.165) is 12.8 Å². The quantitative estimate of drug-likeness (QED) is 0.583. The number of unbranched alkanes of at least 4 members (excludes halogenated alkanes) is 2. The minimum atomic E-state index is -0.169. The van der Waals surface area contributed by atoms with Crippen LogP contribution in [0.1, 0.15) is 39.5 Å². The molecular weight excluding hydrogens is 178 g/mol. The number of aliphatic hydroxyl groups excluding tert-OH is 2. The third-order valence-electron chi connectivity index (χ3n) is 3.02. The molecule has 1 atom stereocenters. The van der Waals surface area contributed by atoms with Crippen molar-refractivity contribution in [3.05, 3.63) is 0 Å². The number of β-amino-alcohol motifs (C(OH)–C–C–N with tert-alkyl or cyclic N) is 1. The molecule has 0 rings (SSSR count). The van der Waals surface area contributed by atoms with Crippen LogP contribution in [0.3, 0.4) is 0 Å². The molecule has 0 aromatic carbocycles. The van der Waals surface area contributed by atoms with Crippen LogP contribution >= 0.6 is 0 Å². The Hall–Kier alpha value is -0.120. The van der Waals surface area contributed by atoms with Crippen molar-refractivity contribution in [2.24, 2.45) is 0 Å². The summed E-state index contributed by atoms with van der Waals surface area (Å²) >= 11 is 0. The summed E-state index contributed by atoms with van der Waals surface area (Å²) in [7, 11) is 1.96. The molecule has 3 nitrogen and oxygen atoms in total. The van der Waals surface area contributed by atoms with E-state index in [4.69, 9.17) is 5.11 Å². The van der Waals surface area contributed by atoms with Gasteiger partial charge in [-0.25, -0.2) is 0 Å². The fourth-order valence-corrected chi connectivity index (χ4v) is 1.57. The molecule has 1 unspecified atom stereocenters. The first kappa shape index (κ1) is 13.9. The maximum atomic E-state index is 9.36. The summed E-state index contributed by atoms with van der Waals surface area (Å²) in [5.74, 6) is 0. The van der Waals surface area contributed by atoms with E-state index in [1.165, 1.54) is 12.8 Å². The van der Waals surface area contributed by atoms with Gasteiger partial charge in [0, 0.05) is 12.1 Å². The van der Waals surface area contributed by atoms with Gasteiger partial charge in [-0.05, 0) is 20.4 Å². The van der Waals surface area contributed by atoms with Crippen molar-refractivity contribution in [2.45, 2.75) is 45.1 Å². The Morgan fingerprint density at radius 1 is 1.21 bits per heavy atom. The molecule has 0 aromatic heterocycles. The van der Waals surface area contributed by atoms with E-state index in [2.05, 4.69) is 13.8 Å². The Morgan fingerprint density at radius 3 is 2.29 bits per heavy atom. The number of likely N-dealkylation sites (N-methyl/N-ethyl adjacent to an activating group) is 1. The fraction of sp³-hybridized carbons (Fsp3) is 1.00. The predicted octanol–water partition coefficient (Wildman–Crippen LogP) is 1.24. The lowest BCUT2D eigenvalue weighted by atomic mass is 9.93. The highest BCUT2D eigenvalue weighted by molar-refractivity contribution is 4.83. The highest BCUT2D eigenvalue weighted by atomic mass is 16.3. The maximum Gasteiger partial charge on any atom is 0.0612 e. The van der Waals surface area contributed by atoms with Gasteiger partial charge in [-0.3, -0.25) is 4.90 Å². The predicted molar refractivity (Wildman–Crippen MR) is 59.3 cm³/mol. The molecule has 2 N–H and O–H groups in total. The first-order valence-electron chi connectivity index (χ1n) is 5.53. The van der Waals surface area contributed by atoms with E-state index in [-0.39, 0.29) is 18.8 Å². The van der Waals surface area contributed by atoms with Crippen LogP contribution in [0.5, 0.6) is 0 Å². The second kappa shape index (κ2) is 7.21. The van der Waals surface area contributed by atoms with Gasteiger partial charge < -0.3 is 10.2 Å². The molecule has 14 heavy (non-hydrogen) atoms. The molecule has 0 spiro atoms. The van der Waals surface area contributed by atoms with Gasteiger partial charge in [0.05, 0.1) is 13.2 Å². The Balaban J connectivity index is 4.01. The summed E-state index contributed by atoms with van der Waals surface area (Å²) < 4.78 is 0. The molecule has 0 aromatic rings. The van der Waals surface area contributed by atoms with Crippen LogP contribution in [0.2, 0.25) is 0 Å². The summed E-state index contributed by atoms with van der Waals surface area (Å²) in [6, 6.07) is 0. The molecule has 3 heteroatoms. The Bertz CT molecular complexity index is 141. The molecule has 0 aliphatic heterocycles. The van der Waals surface area contributed by atoms with Crippen molar-refractivity contribution in [3.63, 3.8) is 0 Å². The van der Waals surface area contributed by atoms with Crippen LogP contribution in [-0.2, 0) is 0 Å². The van der Waals surface area contributed by atoms with E-state index in [9.17, 15) is 5.11 Å². The first-order chi connectivity index (χ1) is 6.60. The molecule has 0 aliphatic carbocycles. The van der Waals surface area contributed by atoms with Gasteiger partial charge in [-0.1, -0.05) is 26.2 Å². The lowest BCUT2D eigenvalue weighted by Crippen LogP contribution is -2.48. The first-order valence-corrected chi connectivity index (χ1v) is 5.53. The topological polar surface area (TPSA) is 43.7 Å². The van der Waals surface area contributed by atoms with Gasteiger partial charge in [0.15, 0.2) is 0 Å². The standard InChI is InChI=1S/C11H25NO2/c1-4-5-6-7-11(2,10-14)12(3)8-9-13/h13-14H,4-10H2,1-3H3. The fourth-order valence-electron chi connectivity index (χ4n) is 1.57. The van der Waals surface area contributed by atoms with Crippen LogP contribution in [0, 0.1) is 0 Å². The summed E-state index contributed by atoms with van der Waals surface area (Å²) in [6.45, 7) is 5.17. The van der Waals surface area contributed by atoms with Crippen molar-refractivity contribution in [1.29, 1.82) is 0 Å². The van der Waals surface area contributed by atoms with E-state index >= 15 is 0 Å². The van der Waals surface area contributed by atoms with E-state index in [1.54, 1.807) is 0 Å². The zero-order valence-corrected chi connectivity index (χ0v) is 9.79. The maximum absolute atomic E-state index is 9.36. The SMILES string of the molecule is CCCCCC(C)(CO)N(C)CCO. The number of hydrogen-bond acceptors (Lipinski definition) is 3. The largest absolute Gasteiger partial charge is 0.395 e. The highest BCUT2D eigenvalue weighted by Gasteiger charge is 2.27.